The van der Waals surface area contributed by atoms with Gasteiger partial charge in [-0.25, -0.2) is 14.6 Å². The Balaban J connectivity index is 1.45. The van der Waals surface area contributed by atoms with Crippen molar-refractivity contribution in [2.24, 2.45) is 7.05 Å². The summed E-state index contributed by atoms with van der Waals surface area (Å²) in [6.07, 6.45) is 6.28. The summed E-state index contributed by atoms with van der Waals surface area (Å²) in [5.74, 6) is 0.832. The Morgan fingerprint density at radius 1 is 1.26 bits per heavy atom. The van der Waals surface area contributed by atoms with Gasteiger partial charge in [0.15, 0.2) is 17.0 Å². The second-order valence-corrected chi connectivity index (χ2v) is 5.61. The standard InChI is InChI=1S/C15H17N7O/c1-21-14-13(19-20-21)15(18-10-17-14)22-7-4-12(8-22)23-9-11-2-5-16-6-3-11/h2-3,5-6,10,12H,4,7-9H2,1H3. The number of aromatic nitrogens is 6. The Kier molecular flexibility index (Phi) is 3.58. The fourth-order valence-corrected chi connectivity index (χ4v) is 2.82. The number of ether oxygens (including phenoxy) is 1. The van der Waals surface area contributed by atoms with Crippen molar-refractivity contribution in [2.75, 3.05) is 18.0 Å². The number of fused-ring (bicyclic) bond motifs is 1. The van der Waals surface area contributed by atoms with Gasteiger partial charge in [-0.05, 0) is 24.1 Å². The molecule has 118 valence electrons. The van der Waals surface area contributed by atoms with Gasteiger partial charge in [0.2, 0.25) is 0 Å². The SMILES string of the molecule is Cn1nnc2c(N3CCC(OCc4ccncc4)C3)ncnc21. The molecule has 1 atom stereocenters. The van der Waals surface area contributed by atoms with Crippen LogP contribution in [0.25, 0.3) is 11.2 Å². The zero-order chi connectivity index (χ0) is 15.6. The molecule has 1 unspecified atom stereocenters. The lowest BCUT2D eigenvalue weighted by molar-refractivity contribution is 0.0553. The second kappa shape index (κ2) is 5.88. The lowest BCUT2D eigenvalue weighted by Crippen LogP contribution is -2.24. The molecular formula is C15H17N7O. The van der Waals surface area contributed by atoms with Crippen molar-refractivity contribution in [3.8, 4) is 0 Å². The van der Waals surface area contributed by atoms with E-state index in [1.807, 2.05) is 19.2 Å². The molecule has 3 aromatic heterocycles. The molecule has 0 amide bonds. The maximum absolute atomic E-state index is 6.00. The number of aryl methyl sites for hydroxylation is 1. The molecule has 8 heteroatoms. The predicted molar refractivity (Wildman–Crippen MR) is 83.7 cm³/mol. The van der Waals surface area contributed by atoms with Crippen molar-refractivity contribution in [3.05, 3.63) is 36.4 Å². The minimum atomic E-state index is 0.185. The van der Waals surface area contributed by atoms with E-state index in [2.05, 4.69) is 30.2 Å². The summed E-state index contributed by atoms with van der Waals surface area (Å²) >= 11 is 0. The second-order valence-electron chi connectivity index (χ2n) is 5.61. The molecule has 0 bridgehead atoms. The van der Waals surface area contributed by atoms with Gasteiger partial charge in [-0.1, -0.05) is 5.21 Å². The first kappa shape index (κ1) is 14.0. The summed E-state index contributed by atoms with van der Waals surface area (Å²) in [5, 5.41) is 8.20. The van der Waals surface area contributed by atoms with Gasteiger partial charge < -0.3 is 9.64 Å². The lowest BCUT2D eigenvalue weighted by Gasteiger charge is -2.17. The van der Waals surface area contributed by atoms with Crippen molar-refractivity contribution in [3.63, 3.8) is 0 Å². The number of rotatable bonds is 4. The van der Waals surface area contributed by atoms with Crippen LogP contribution in [0.15, 0.2) is 30.9 Å². The lowest BCUT2D eigenvalue weighted by atomic mass is 10.3. The molecule has 1 aliphatic rings. The third-order valence-electron chi connectivity index (χ3n) is 4.05. The third kappa shape index (κ3) is 2.72. The molecule has 1 aliphatic heterocycles. The fraction of sp³-hybridized carbons (Fsp3) is 0.400. The largest absolute Gasteiger partial charge is 0.372 e. The first-order chi connectivity index (χ1) is 11.3. The monoisotopic (exact) mass is 311 g/mol. The van der Waals surface area contributed by atoms with Gasteiger partial charge in [-0.2, -0.15) is 0 Å². The Hall–Kier alpha value is -2.61. The van der Waals surface area contributed by atoms with E-state index < -0.39 is 0 Å². The highest BCUT2D eigenvalue weighted by molar-refractivity contribution is 5.82. The highest BCUT2D eigenvalue weighted by atomic mass is 16.5. The van der Waals surface area contributed by atoms with E-state index in [0.29, 0.717) is 6.61 Å². The fourth-order valence-electron chi connectivity index (χ4n) is 2.82. The highest BCUT2D eigenvalue weighted by Crippen LogP contribution is 2.25. The molecule has 0 saturated carbocycles. The Bertz CT molecular complexity index is 804. The molecule has 4 heterocycles. The molecule has 8 nitrogen and oxygen atoms in total. The van der Waals surface area contributed by atoms with Crippen LogP contribution in [-0.2, 0) is 18.4 Å². The third-order valence-corrected chi connectivity index (χ3v) is 4.05. The molecule has 3 aromatic rings. The normalized spacial score (nSPS) is 18.0. The van der Waals surface area contributed by atoms with Gasteiger partial charge in [0.1, 0.15) is 6.33 Å². The molecular weight excluding hydrogens is 294 g/mol. The van der Waals surface area contributed by atoms with Crippen LogP contribution in [0.4, 0.5) is 5.82 Å². The topological polar surface area (TPSA) is 81.9 Å². The number of pyridine rings is 1. The number of anilines is 1. The van der Waals surface area contributed by atoms with Crippen LogP contribution in [0, 0.1) is 0 Å². The molecule has 0 N–H and O–H groups in total. The van der Waals surface area contributed by atoms with E-state index in [0.717, 1.165) is 42.1 Å². The maximum atomic E-state index is 6.00. The smallest absolute Gasteiger partial charge is 0.183 e. The quantitative estimate of drug-likeness (QED) is 0.709. The van der Waals surface area contributed by atoms with Crippen LogP contribution >= 0.6 is 0 Å². The molecule has 0 aliphatic carbocycles. The molecule has 1 saturated heterocycles. The predicted octanol–water partition coefficient (Wildman–Crippen LogP) is 0.949. The number of hydrogen-bond donors (Lipinski definition) is 0. The van der Waals surface area contributed by atoms with Crippen molar-refractivity contribution in [1.82, 2.24) is 29.9 Å². The van der Waals surface area contributed by atoms with Crippen LogP contribution in [0.5, 0.6) is 0 Å². The minimum Gasteiger partial charge on any atom is -0.372 e. The summed E-state index contributed by atoms with van der Waals surface area (Å²) in [7, 11) is 1.83. The Morgan fingerprint density at radius 2 is 2.13 bits per heavy atom. The van der Waals surface area contributed by atoms with Gasteiger partial charge in [0.05, 0.1) is 12.7 Å². The first-order valence-electron chi connectivity index (χ1n) is 7.57. The molecule has 0 aromatic carbocycles. The highest BCUT2D eigenvalue weighted by Gasteiger charge is 2.26. The first-order valence-corrected chi connectivity index (χ1v) is 7.57. The van der Waals surface area contributed by atoms with E-state index in [9.17, 15) is 0 Å². The van der Waals surface area contributed by atoms with Crippen LogP contribution in [0.1, 0.15) is 12.0 Å². The van der Waals surface area contributed by atoms with Crippen LogP contribution in [-0.4, -0.2) is 49.1 Å². The summed E-state index contributed by atoms with van der Waals surface area (Å²) in [6, 6.07) is 3.94. The molecule has 4 rings (SSSR count). The Labute approximate surface area is 133 Å². The van der Waals surface area contributed by atoms with Crippen molar-refractivity contribution in [1.29, 1.82) is 0 Å². The van der Waals surface area contributed by atoms with Gasteiger partial charge in [-0.15, -0.1) is 5.10 Å². The van der Waals surface area contributed by atoms with Crippen LogP contribution in [0.3, 0.4) is 0 Å². The zero-order valence-corrected chi connectivity index (χ0v) is 12.8. The van der Waals surface area contributed by atoms with E-state index in [1.165, 1.54) is 0 Å². The van der Waals surface area contributed by atoms with Crippen molar-refractivity contribution < 1.29 is 4.74 Å². The van der Waals surface area contributed by atoms with E-state index >= 15 is 0 Å². The summed E-state index contributed by atoms with van der Waals surface area (Å²) in [5.41, 5.74) is 2.62. The molecule has 1 fully saturated rings. The number of hydrogen-bond acceptors (Lipinski definition) is 7. The summed E-state index contributed by atoms with van der Waals surface area (Å²) < 4.78 is 7.66. The van der Waals surface area contributed by atoms with Gasteiger partial charge in [-0.3, -0.25) is 4.98 Å². The van der Waals surface area contributed by atoms with Gasteiger partial charge in [0, 0.05) is 32.5 Å². The van der Waals surface area contributed by atoms with Gasteiger partial charge in [0.25, 0.3) is 0 Å². The Morgan fingerprint density at radius 3 is 3.00 bits per heavy atom. The van der Waals surface area contributed by atoms with Crippen LogP contribution < -0.4 is 4.90 Å². The minimum absolute atomic E-state index is 0.185. The molecule has 0 radical (unpaired) electrons. The summed E-state index contributed by atoms with van der Waals surface area (Å²) in [4.78, 5) is 14.8. The molecule has 0 spiro atoms. The average Bonchev–Trinajstić information content (AvgIpc) is 3.21. The van der Waals surface area contributed by atoms with Crippen molar-refractivity contribution >= 4 is 17.0 Å². The van der Waals surface area contributed by atoms with Gasteiger partial charge >= 0.3 is 0 Å². The van der Waals surface area contributed by atoms with E-state index in [1.54, 1.807) is 23.4 Å². The number of nitrogens with zero attached hydrogens (tertiary/aromatic N) is 7. The zero-order valence-electron chi connectivity index (χ0n) is 12.8. The van der Waals surface area contributed by atoms with E-state index in [4.69, 9.17) is 4.74 Å². The van der Waals surface area contributed by atoms with E-state index in [-0.39, 0.29) is 6.10 Å². The maximum Gasteiger partial charge on any atom is 0.183 e. The average molecular weight is 311 g/mol. The molecule has 23 heavy (non-hydrogen) atoms. The van der Waals surface area contributed by atoms with Crippen molar-refractivity contribution in [2.45, 2.75) is 19.1 Å². The summed E-state index contributed by atoms with van der Waals surface area (Å²) in [6.45, 7) is 2.29. The van der Waals surface area contributed by atoms with Crippen LogP contribution in [0.2, 0.25) is 0 Å².